The average molecular weight is 370 g/mol. The highest BCUT2D eigenvalue weighted by molar-refractivity contribution is 7.14. The van der Waals surface area contributed by atoms with Crippen molar-refractivity contribution in [2.45, 2.75) is 51.1 Å². The number of rotatable bonds is 4. The van der Waals surface area contributed by atoms with E-state index in [2.05, 4.69) is 20.2 Å². The molecule has 7 heteroatoms. The lowest BCUT2D eigenvalue weighted by atomic mass is 9.82. The van der Waals surface area contributed by atoms with E-state index in [9.17, 15) is 9.18 Å². The van der Waals surface area contributed by atoms with Crippen molar-refractivity contribution in [3.63, 3.8) is 0 Å². The Morgan fingerprint density at radius 3 is 2.77 bits per heavy atom. The standard InChI is InChI=1S/C19H19FN4OS/c1-12-23-24-18(26-12)15-6-5-13-11-21-14(9-16(13)22-15)10-17(25)19(20)7-3-2-4-8-19/h5-6,9,11H,2-4,7-8,10H2,1H3. The number of hydrogen-bond acceptors (Lipinski definition) is 6. The smallest absolute Gasteiger partial charge is 0.175 e. The van der Waals surface area contributed by atoms with Crippen molar-refractivity contribution in [1.29, 1.82) is 0 Å². The molecule has 0 radical (unpaired) electrons. The number of aryl methyl sites for hydroxylation is 1. The van der Waals surface area contributed by atoms with Gasteiger partial charge in [-0.25, -0.2) is 9.37 Å². The van der Waals surface area contributed by atoms with E-state index in [4.69, 9.17) is 0 Å². The summed E-state index contributed by atoms with van der Waals surface area (Å²) in [6, 6.07) is 5.58. The zero-order valence-electron chi connectivity index (χ0n) is 14.5. The van der Waals surface area contributed by atoms with Crippen LogP contribution in [0.1, 0.15) is 42.8 Å². The molecule has 0 saturated heterocycles. The maximum absolute atomic E-state index is 14.8. The van der Waals surface area contributed by atoms with Gasteiger partial charge in [-0.2, -0.15) is 0 Å². The summed E-state index contributed by atoms with van der Waals surface area (Å²) >= 11 is 1.48. The van der Waals surface area contributed by atoms with Crippen LogP contribution in [-0.2, 0) is 11.2 Å². The molecular weight excluding hydrogens is 351 g/mol. The molecular formula is C19H19FN4OS. The van der Waals surface area contributed by atoms with Crippen LogP contribution in [0.25, 0.3) is 21.6 Å². The van der Waals surface area contributed by atoms with Crippen molar-refractivity contribution in [3.8, 4) is 10.7 Å². The molecule has 0 bridgehead atoms. The fraction of sp³-hybridized carbons (Fsp3) is 0.421. The van der Waals surface area contributed by atoms with Crippen LogP contribution in [0.2, 0.25) is 0 Å². The van der Waals surface area contributed by atoms with Gasteiger partial charge in [0.05, 0.1) is 17.6 Å². The number of carbonyl (C=O) groups excluding carboxylic acids is 1. The third-order valence-electron chi connectivity index (χ3n) is 4.86. The lowest BCUT2D eigenvalue weighted by Gasteiger charge is -2.27. The van der Waals surface area contributed by atoms with Crippen LogP contribution in [-0.4, -0.2) is 31.6 Å². The number of pyridine rings is 2. The first-order valence-corrected chi connectivity index (χ1v) is 9.64. The van der Waals surface area contributed by atoms with Crippen LogP contribution in [0.4, 0.5) is 4.39 Å². The van der Waals surface area contributed by atoms with E-state index in [0.717, 1.165) is 45.9 Å². The van der Waals surface area contributed by atoms with Crippen molar-refractivity contribution < 1.29 is 9.18 Å². The summed E-state index contributed by atoms with van der Waals surface area (Å²) in [5, 5.41) is 10.6. The molecule has 26 heavy (non-hydrogen) atoms. The topological polar surface area (TPSA) is 68.6 Å². The van der Waals surface area contributed by atoms with Crippen molar-refractivity contribution in [1.82, 2.24) is 20.2 Å². The minimum Gasteiger partial charge on any atom is -0.296 e. The molecule has 3 aromatic heterocycles. The summed E-state index contributed by atoms with van der Waals surface area (Å²) in [5.74, 6) is -0.361. The first-order valence-electron chi connectivity index (χ1n) is 8.82. The van der Waals surface area contributed by atoms with Crippen molar-refractivity contribution in [3.05, 3.63) is 35.1 Å². The molecule has 0 aliphatic heterocycles. The lowest BCUT2D eigenvalue weighted by molar-refractivity contribution is -0.132. The SMILES string of the molecule is Cc1nnc(-c2ccc3cnc(CC(=O)C4(F)CCCCC4)cc3n2)s1. The predicted molar refractivity (Wildman–Crippen MR) is 98.8 cm³/mol. The first kappa shape index (κ1) is 17.1. The molecule has 0 unspecified atom stereocenters. The molecule has 1 fully saturated rings. The maximum Gasteiger partial charge on any atom is 0.175 e. The van der Waals surface area contributed by atoms with E-state index in [1.807, 2.05) is 19.1 Å². The van der Waals surface area contributed by atoms with Crippen molar-refractivity contribution in [2.24, 2.45) is 0 Å². The molecule has 3 aromatic rings. The van der Waals surface area contributed by atoms with Crippen LogP contribution < -0.4 is 0 Å². The van der Waals surface area contributed by atoms with Gasteiger partial charge in [0.2, 0.25) is 0 Å². The average Bonchev–Trinajstić information content (AvgIpc) is 3.08. The Hall–Kier alpha value is -2.28. The fourth-order valence-corrected chi connectivity index (χ4v) is 4.05. The molecule has 4 rings (SSSR count). The quantitative estimate of drug-likeness (QED) is 0.687. The maximum atomic E-state index is 14.8. The van der Waals surface area contributed by atoms with Gasteiger partial charge >= 0.3 is 0 Å². The summed E-state index contributed by atoms with van der Waals surface area (Å²) in [5.41, 5.74) is 0.336. The number of carbonyl (C=O) groups is 1. The predicted octanol–water partition coefficient (Wildman–Crippen LogP) is 4.24. The van der Waals surface area contributed by atoms with E-state index in [1.54, 1.807) is 12.3 Å². The molecule has 1 aliphatic carbocycles. The molecule has 1 saturated carbocycles. The second kappa shape index (κ2) is 6.79. The second-order valence-electron chi connectivity index (χ2n) is 6.82. The van der Waals surface area contributed by atoms with Gasteiger partial charge in [0.15, 0.2) is 16.5 Å². The number of fused-ring (bicyclic) bond motifs is 1. The number of halogens is 1. The summed E-state index contributed by atoms with van der Waals surface area (Å²) < 4.78 is 14.8. The van der Waals surface area contributed by atoms with Crippen LogP contribution >= 0.6 is 11.3 Å². The number of nitrogens with zero attached hydrogens (tertiary/aromatic N) is 4. The zero-order valence-corrected chi connectivity index (χ0v) is 15.4. The van der Waals surface area contributed by atoms with Gasteiger partial charge in [-0.15, -0.1) is 10.2 Å². The number of Topliss-reactive ketones (excluding diaryl/α,β-unsaturated/α-hetero) is 1. The Labute approximate surface area is 154 Å². The molecule has 0 N–H and O–H groups in total. The van der Waals surface area contributed by atoms with Crippen molar-refractivity contribution >= 4 is 28.0 Å². The molecule has 0 aromatic carbocycles. The van der Waals surface area contributed by atoms with Gasteiger partial charge in [0, 0.05) is 11.6 Å². The van der Waals surface area contributed by atoms with Gasteiger partial charge in [0.25, 0.3) is 0 Å². The monoisotopic (exact) mass is 370 g/mol. The Kier molecular flexibility index (Phi) is 4.48. The Balaban J connectivity index is 1.61. The lowest BCUT2D eigenvalue weighted by Crippen LogP contribution is -2.37. The number of ketones is 1. The number of aromatic nitrogens is 4. The highest BCUT2D eigenvalue weighted by Crippen LogP contribution is 2.33. The zero-order chi connectivity index (χ0) is 18.1. The van der Waals surface area contributed by atoms with Crippen LogP contribution in [0, 0.1) is 6.92 Å². The minimum atomic E-state index is -1.69. The highest BCUT2D eigenvalue weighted by atomic mass is 32.1. The van der Waals surface area contributed by atoms with Crippen LogP contribution in [0.15, 0.2) is 24.4 Å². The van der Waals surface area contributed by atoms with Gasteiger partial charge in [0.1, 0.15) is 10.7 Å². The summed E-state index contributed by atoms with van der Waals surface area (Å²) in [4.78, 5) is 21.4. The van der Waals surface area contributed by atoms with Gasteiger partial charge in [-0.05, 0) is 50.8 Å². The van der Waals surface area contributed by atoms with Gasteiger partial charge in [-0.3, -0.25) is 9.78 Å². The molecule has 1 aliphatic rings. The highest BCUT2D eigenvalue weighted by Gasteiger charge is 2.39. The largest absolute Gasteiger partial charge is 0.296 e. The summed E-state index contributed by atoms with van der Waals surface area (Å²) in [6.07, 6.45) is 4.92. The normalized spacial score (nSPS) is 16.7. The summed E-state index contributed by atoms with van der Waals surface area (Å²) in [6.45, 7) is 1.90. The van der Waals surface area contributed by atoms with E-state index in [-0.39, 0.29) is 12.2 Å². The fourth-order valence-electron chi connectivity index (χ4n) is 3.39. The third-order valence-corrected chi connectivity index (χ3v) is 5.72. The third kappa shape index (κ3) is 3.35. The Morgan fingerprint density at radius 1 is 1.23 bits per heavy atom. The van der Waals surface area contributed by atoms with Gasteiger partial charge < -0.3 is 0 Å². The second-order valence-corrected chi connectivity index (χ2v) is 8.00. The number of alkyl halides is 1. The van der Waals surface area contributed by atoms with E-state index in [1.165, 1.54) is 11.3 Å². The Morgan fingerprint density at radius 2 is 2.04 bits per heavy atom. The molecule has 0 spiro atoms. The van der Waals surface area contributed by atoms with Crippen molar-refractivity contribution in [2.75, 3.05) is 0 Å². The molecule has 5 nitrogen and oxygen atoms in total. The number of hydrogen-bond donors (Lipinski definition) is 0. The van der Waals surface area contributed by atoms with Crippen LogP contribution in [0.5, 0.6) is 0 Å². The summed E-state index contributed by atoms with van der Waals surface area (Å²) in [7, 11) is 0. The van der Waals surface area contributed by atoms with E-state index in [0.29, 0.717) is 18.5 Å². The van der Waals surface area contributed by atoms with Crippen LogP contribution in [0.3, 0.4) is 0 Å². The molecule has 134 valence electrons. The van der Waals surface area contributed by atoms with E-state index >= 15 is 0 Å². The Bertz CT molecular complexity index is 965. The van der Waals surface area contributed by atoms with E-state index < -0.39 is 5.67 Å². The van der Waals surface area contributed by atoms with Gasteiger partial charge in [-0.1, -0.05) is 17.8 Å². The minimum absolute atomic E-state index is 0.0102. The molecule has 3 heterocycles. The first-order chi connectivity index (χ1) is 12.5. The molecule has 0 amide bonds. The molecule has 0 atom stereocenters.